The molecule has 0 saturated carbocycles. The van der Waals surface area contributed by atoms with Crippen LogP contribution >= 0.6 is 54.2 Å². The van der Waals surface area contributed by atoms with Crippen molar-refractivity contribution >= 4 is 70.8 Å². The molecule has 0 radical (unpaired) electrons. The molecular formula is C24H18Cl4O3P+. The van der Waals surface area contributed by atoms with E-state index in [0.29, 0.717) is 16.7 Å². The molecule has 0 heterocycles. The Morgan fingerprint density at radius 1 is 0.719 bits per heavy atom. The van der Waals surface area contributed by atoms with Crippen molar-refractivity contribution in [2.75, 3.05) is 0 Å². The van der Waals surface area contributed by atoms with Crippen LogP contribution in [0.15, 0.2) is 36.4 Å². The summed E-state index contributed by atoms with van der Waals surface area (Å²) in [6.45, 7) is 7.42. The molecule has 1 atom stereocenters. The van der Waals surface area contributed by atoms with E-state index in [1.165, 1.54) is 0 Å². The number of carbonyl (C=O) groups excluding carboxylic acids is 2. The van der Waals surface area contributed by atoms with Gasteiger partial charge in [-0.2, -0.15) is 0 Å². The van der Waals surface area contributed by atoms with Crippen LogP contribution in [0.4, 0.5) is 0 Å². The monoisotopic (exact) mass is 525 g/mol. The Morgan fingerprint density at radius 3 is 1.78 bits per heavy atom. The first-order valence-electron chi connectivity index (χ1n) is 9.53. The van der Waals surface area contributed by atoms with Gasteiger partial charge in [0.25, 0.3) is 0 Å². The van der Waals surface area contributed by atoms with E-state index in [1.807, 2.05) is 19.9 Å². The summed E-state index contributed by atoms with van der Waals surface area (Å²) < 4.78 is 13.4. The van der Waals surface area contributed by atoms with Crippen LogP contribution in [0, 0.1) is 27.7 Å². The zero-order valence-corrected chi connectivity index (χ0v) is 21.6. The van der Waals surface area contributed by atoms with Crippen LogP contribution in [0.25, 0.3) is 0 Å². The first-order valence-corrected chi connectivity index (χ1v) is 12.3. The molecule has 8 heteroatoms. The lowest BCUT2D eigenvalue weighted by Crippen LogP contribution is -2.14. The Balaban J connectivity index is 2.16. The largest absolute Gasteiger partial charge is 0.461 e. The lowest BCUT2D eigenvalue weighted by atomic mass is 9.95. The fourth-order valence-electron chi connectivity index (χ4n) is 3.55. The van der Waals surface area contributed by atoms with Gasteiger partial charge in [0.05, 0.1) is 21.2 Å². The van der Waals surface area contributed by atoms with Gasteiger partial charge >= 0.3 is 13.3 Å². The highest BCUT2D eigenvalue weighted by molar-refractivity contribution is 7.72. The van der Waals surface area contributed by atoms with Crippen molar-refractivity contribution in [3.05, 3.63) is 95.4 Å². The van der Waals surface area contributed by atoms with Crippen LogP contribution in [0.3, 0.4) is 0 Å². The zero-order chi connectivity index (χ0) is 23.9. The standard InChI is InChI=1S/C24H18Cl4O3P/c1-11-10-12(2)16(14(4)13(11)3)24(30)32(31)23-20(27)18(25)17(19(26)21(23)28)22(29)15-8-6-5-7-9-15/h5-10H,1-4H3/q+1. The van der Waals surface area contributed by atoms with E-state index < -0.39 is 19.1 Å². The summed E-state index contributed by atoms with van der Waals surface area (Å²) in [6.07, 6.45) is 0. The SMILES string of the molecule is Cc1cc(C)c(C(=O)[P+](=O)c2c(Cl)c(Cl)c(C(=O)c3ccccc3)c(Cl)c2Cl)c(C)c1C. The first kappa shape index (κ1) is 24.9. The third kappa shape index (κ3) is 4.25. The van der Waals surface area contributed by atoms with E-state index in [2.05, 4.69) is 0 Å². The van der Waals surface area contributed by atoms with Crippen molar-refractivity contribution in [1.29, 1.82) is 0 Å². The summed E-state index contributed by atoms with van der Waals surface area (Å²) >= 11 is 25.6. The Labute approximate surface area is 207 Å². The molecule has 0 amide bonds. The van der Waals surface area contributed by atoms with E-state index in [0.717, 1.165) is 16.7 Å². The number of hydrogen-bond acceptors (Lipinski definition) is 3. The Morgan fingerprint density at radius 2 is 1.25 bits per heavy atom. The number of halogens is 4. The van der Waals surface area contributed by atoms with Crippen LogP contribution in [0.2, 0.25) is 20.1 Å². The summed E-state index contributed by atoms with van der Waals surface area (Å²) in [5, 5.41) is -1.03. The molecule has 0 aliphatic carbocycles. The fourth-order valence-corrected chi connectivity index (χ4v) is 6.50. The molecule has 3 nitrogen and oxygen atoms in total. The topological polar surface area (TPSA) is 51.2 Å². The Kier molecular flexibility index (Phi) is 7.49. The number of benzene rings is 3. The van der Waals surface area contributed by atoms with Crippen molar-refractivity contribution in [2.24, 2.45) is 0 Å². The molecule has 3 rings (SSSR count). The fraction of sp³-hybridized carbons (Fsp3) is 0.167. The molecule has 0 N–H and O–H groups in total. The van der Waals surface area contributed by atoms with Crippen LogP contribution in [-0.4, -0.2) is 11.3 Å². The average molecular weight is 527 g/mol. The van der Waals surface area contributed by atoms with Crippen molar-refractivity contribution in [1.82, 2.24) is 0 Å². The zero-order valence-electron chi connectivity index (χ0n) is 17.6. The van der Waals surface area contributed by atoms with E-state index in [1.54, 1.807) is 44.2 Å². The van der Waals surface area contributed by atoms with Crippen LogP contribution in [0.1, 0.15) is 48.5 Å². The quantitative estimate of drug-likeness (QED) is 0.192. The van der Waals surface area contributed by atoms with Gasteiger partial charge in [0.15, 0.2) is 5.78 Å². The molecule has 164 valence electrons. The van der Waals surface area contributed by atoms with Crippen molar-refractivity contribution in [2.45, 2.75) is 27.7 Å². The molecule has 0 aromatic heterocycles. The van der Waals surface area contributed by atoms with E-state index in [4.69, 9.17) is 46.4 Å². The van der Waals surface area contributed by atoms with Crippen molar-refractivity contribution in [3.63, 3.8) is 0 Å². The molecule has 0 aliphatic rings. The van der Waals surface area contributed by atoms with Crippen molar-refractivity contribution < 1.29 is 14.2 Å². The third-order valence-electron chi connectivity index (χ3n) is 5.46. The second-order valence-corrected chi connectivity index (χ2v) is 10.4. The molecule has 3 aromatic carbocycles. The van der Waals surface area contributed by atoms with E-state index in [-0.39, 0.29) is 31.0 Å². The number of carbonyl (C=O) groups is 2. The van der Waals surface area contributed by atoms with Gasteiger partial charge in [0.2, 0.25) is 5.30 Å². The van der Waals surface area contributed by atoms with Gasteiger partial charge in [0.1, 0.15) is 10.0 Å². The highest BCUT2D eigenvalue weighted by Crippen LogP contribution is 2.44. The second kappa shape index (κ2) is 9.63. The number of hydrogen-bond donors (Lipinski definition) is 0. The molecule has 3 aromatic rings. The van der Waals surface area contributed by atoms with E-state index in [9.17, 15) is 14.2 Å². The summed E-state index contributed by atoms with van der Waals surface area (Å²) in [6, 6.07) is 10.2. The smallest absolute Gasteiger partial charge is 0.288 e. The maximum atomic E-state index is 13.4. The van der Waals surface area contributed by atoms with Gasteiger partial charge in [-0.15, -0.1) is 0 Å². The second-order valence-electron chi connectivity index (χ2n) is 7.41. The summed E-state index contributed by atoms with van der Waals surface area (Å²) in [5.74, 6) is -0.488. The number of ketones is 1. The average Bonchev–Trinajstić information content (AvgIpc) is 2.76. The molecule has 1 unspecified atom stereocenters. The lowest BCUT2D eigenvalue weighted by Gasteiger charge is -2.12. The minimum atomic E-state index is -2.76. The first-order chi connectivity index (χ1) is 15.0. The van der Waals surface area contributed by atoms with Gasteiger partial charge < -0.3 is 0 Å². The highest BCUT2D eigenvalue weighted by atomic mass is 35.5. The number of rotatable bonds is 5. The summed E-state index contributed by atoms with van der Waals surface area (Å²) in [4.78, 5) is 26.2. The molecule has 0 saturated heterocycles. The van der Waals surface area contributed by atoms with Gasteiger partial charge in [-0.05, 0) is 49.9 Å². The highest BCUT2D eigenvalue weighted by Gasteiger charge is 2.42. The normalized spacial score (nSPS) is 11.4. The maximum Gasteiger partial charge on any atom is 0.461 e. The molecule has 0 aliphatic heterocycles. The molecular weight excluding hydrogens is 509 g/mol. The van der Waals surface area contributed by atoms with Crippen molar-refractivity contribution in [3.8, 4) is 0 Å². The molecule has 0 fully saturated rings. The predicted octanol–water partition coefficient (Wildman–Crippen LogP) is 8.06. The predicted molar refractivity (Wildman–Crippen MR) is 133 cm³/mol. The van der Waals surface area contributed by atoms with Crippen LogP contribution < -0.4 is 5.30 Å². The molecule has 0 spiro atoms. The maximum absolute atomic E-state index is 13.4. The Hall–Kier alpha value is -1.74. The molecule has 0 bridgehead atoms. The lowest BCUT2D eigenvalue weighted by molar-refractivity contribution is 0.103. The minimum Gasteiger partial charge on any atom is -0.288 e. The van der Waals surface area contributed by atoms with E-state index >= 15 is 0 Å². The van der Waals surface area contributed by atoms with Gasteiger partial charge in [-0.25, -0.2) is 4.79 Å². The van der Waals surface area contributed by atoms with Gasteiger partial charge in [-0.1, -0.05) is 87.4 Å². The summed E-state index contributed by atoms with van der Waals surface area (Å²) in [7, 11) is -2.76. The van der Waals surface area contributed by atoms with Gasteiger partial charge in [0, 0.05) is 5.56 Å². The number of aryl methyl sites for hydroxylation is 2. The van der Waals surface area contributed by atoms with Crippen LogP contribution in [-0.2, 0) is 4.57 Å². The molecule has 32 heavy (non-hydrogen) atoms. The third-order valence-corrected chi connectivity index (χ3v) is 8.88. The minimum absolute atomic E-state index is 0.104. The van der Waals surface area contributed by atoms with Gasteiger partial charge in [-0.3, -0.25) is 4.79 Å². The Bertz CT molecular complexity index is 1270. The summed E-state index contributed by atoms with van der Waals surface area (Å²) in [5.41, 5.74) is 3.33. The van der Waals surface area contributed by atoms with Crippen LogP contribution in [0.5, 0.6) is 0 Å².